The molecule has 0 saturated carbocycles. The van der Waals surface area contributed by atoms with E-state index in [1.165, 1.54) is 11.8 Å². The van der Waals surface area contributed by atoms with Gasteiger partial charge < -0.3 is 20.3 Å². The molecule has 0 aliphatic carbocycles. The minimum Gasteiger partial charge on any atom is -0.450 e. The van der Waals surface area contributed by atoms with Gasteiger partial charge in [0.25, 0.3) is 0 Å². The van der Waals surface area contributed by atoms with Crippen molar-refractivity contribution in [2.45, 2.75) is 28.8 Å². The van der Waals surface area contributed by atoms with Crippen LogP contribution in [0.15, 0.2) is 0 Å². The van der Waals surface area contributed by atoms with Gasteiger partial charge in [0.05, 0.1) is 16.8 Å². The van der Waals surface area contributed by atoms with E-state index >= 15 is 0 Å². The molecule has 1 saturated heterocycles. The van der Waals surface area contributed by atoms with Gasteiger partial charge in [-0.1, -0.05) is 47.0 Å². The van der Waals surface area contributed by atoms with Crippen LogP contribution in [-0.4, -0.2) is 54.8 Å². The Labute approximate surface area is 151 Å². The van der Waals surface area contributed by atoms with E-state index in [1.54, 1.807) is 0 Å². The number of thiocarbonyl (C=S) groups is 1. The number of hydrogen-bond donors (Lipinski definition) is 3. The summed E-state index contributed by atoms with van der Waals surface area (Å²) in [7, 11) is 0. The topological polar surface area (TPSA) is 95.9 Å². The number of ether oxygens (including phenoxy) is 1. The van der Waals surface area contributed by atoms with E-state index in [1.807, 2.05) is 0 Å². The molecule has 11 heteroatoms. The summed E-state index contributed by atoms with van der Waals surface area (Å²) in [6.45, 7) is -0.0571. The molecule has 0 spiro atoms. The zero-order valence-corrected chi connectivity index (χ0v) is 15.0. The van der Waals surface area contributed by atoms with E-state index in [0.717, 1.165) is 0 Å². The first-order valence-corrected chi connectivity index (χ1v) is 8.72. The van der Waals surface area contributed by atoms with Gasteiger partial charge in [-0.15, -0.1) is 11.8 Å². The van der Waals surface area contributed by atoms with Gasteiger partial charge in [-0.3, -0.25) is 4.79 Å². The Kier molecular flexibility index (Phi) is 7.97. The van der Waals surface area contributed by atoms with Gasteiger partial charge in [0, 0.05) is 5.75 Å². The lowest BCUT2D eigenvalue weighted by Gasteiger charge is -2.40. The van der Waals surface area contributed by atoms with Gasteiger partial charge in [-0.05, 0) is 12.8 Å². The minimum atomic E-state index is -1.57. The summed E-state index contributed by atoms with van der Waals surface area (Å²) in [5.74, 6) is -0.744. The standard InChI is InChI=1S/C11H14Cl3NO5S2/c12-11(13,14)2-1-5(20-10(18)19)6-7(15-8(6)17)9(21)22-4-3-16/h5-7,16H,1-4H2,(H,15,17)(H,18,19)/t5?,6-,7+/m0/s1. The number of nitrogens with one attached hydrogen (secondary N) is 1. The number of halogens is 3. The van der Waals surface area contributed by atoms with Gasteiger partial charge in [-0.25, -0.2) is 4.79 Å². The maximum atomic E-state index is 11.8. The Morgan fingerprint density at radius 2 is 2.14 bits per heavy atom. The van der Waals surface area contributed by atoms with Crippen LogP contribution in [0.3, 0.4) is 0 Å². The number of carboxylic acid groups (broad SMARTS) is 1. The SMILES string of the molecule is O=C(O)OC(CCC(Cl)(Cl)Cl)[C@@H]1C(=O)N[C@H]1C(=S)SCCO. The van der Waals surface area contributed by atoms with Crippen LogP contribution in [0.4, 0.5) is 4.79 Å². The maximum absolute atomic E-state index is 11.8. The molecule has 1 unspecified atom stereocenters. The maximum Gasteiger partial charge on any atom is 0.506 e. The first-order valence-electron chi connectivity index (χ1n) is 6.20. The number of alkyl halides is 3. The molecule has 6 nitrogen and oxygen atoms in total. The molecule has 3 N–H and O–H groups in total. The third-order valence-electron chi connectivity index (χ3n) is 2.91. The monoisotopic (exact) mass is 409 g/mol. The fourth-order valence-electron chi connectivity index (χ4n) is 1.97. The molecule has 1 heterocycles. The minimum absolute atomic E-state index is 0.0304. The van der Waals surface area contributed by atoms with E-state index in [-0.39, 0.29) is 25.4 Å². The van der Waals surface area contributed by atoms with Crippen LogP contribution in [0.2, 0.25) is 0 Å². The number of aliphatic hydroxyl groups excluding tert-OH is 1. The Morgan fingerprint density at radius 3 is 2.59 bits per heavy atom. The second-order valence-corrected chi connectivity index (χ2v) is 8.83. The van der Waals surface area contributed by atoms with Crippen molar-refractivity contribution in [3.05, 3.63) is 0 Å². The first kappa shape index (κ1) is 20.1. The number of aliphatic hydroxyl groups is 1. The Balaban J connectivity index is 2.75. The molecule has 0 radical (unpaired) electrons. The second kappa shape index (κ2) is 8.75. The van der Waals surface area contributed by atoms with Crippen LogP contribution in [0.1, 0.15) is 12.8 Å². The third-order valence-corrected chi connectivity index (χ3v) is 5.01. The highest BCUT2D eigenvalue weighted by atomic mass is 35.6. The van der Waals surface area contributed by atoms with Crippen molar-refractivity contribution in [2.75, 3.05) is 12.4 Å². The van der Waals surface area contributed by atoms with Crippen LogP contribution in [0.25, 0.3) is 0 Å². The van der Waals surface area contributed by atoms with Crippen molar-refractivity contribution in [1.82, 2.24) is 5.32 Å². The first-order chi connectivity index (χ1) is 10.2. The molecule has 3 atom stereocenters. The molecule has 1 fully saturated rings. The number of carbonyl (C=O) groups excluding carboxylic acids is 1. The quantitative estimate of drug-likeness (QED) is 0.257. The molecule has 1 amide bonds. The largest absolute Gasteiger partial charge is 0.506 e. The Hall–Kier alpha value is 0.01000. The zero-order valence-electron chi connectivity index (χ0n) is 11.1. The summed E-state index contributed by atoms with van der Waals surface area (Å²) in [4.78, 5) is 22.6. The molecular weight excluding hydrogens is 397 g/mol. The molecule has 1 aliphatic rings. The average molecular weight is 411 g/mol. The lowest BCUT2D eigenvalue weighted by Crippen LogP contribution is -2.65. The summed E-state index contributed by atoms with van der Waals surface area (Å²) in [6, 6.07) is -0.515. The predicted molar refractivity (Wildman–Crippen MR) is 90.0 cm³/mol. The van der Waals surface area contributed by atoms with Crippen molar-refractivity contribution in [2.24, 2.45) is 5.92 Å². The van der Waals surface area contributed by atoms with E-state index in [4.69, 9.17) is 62.0 Å². The van der Waals surface area contributed by atoms with Crippen molar-refractivity contribution in [3.8, 4) is 0 Å². The van der Waals surface area contributed by atoms with Crippen LogP contribution < -0.4 is 5.32 Å². The average Bonchev–Trinajstić information content (AvgIpc) is 2.37. The number of carbonyl (C=O) groups is 2. The fourth-order valence-corrected chi connectivity index (χ4v) is 3.43. The lowest BCUT2D eigenvalue weighted by molar-refractivity contribution is -0.139. The molecule has 0 aromatic rings. The molecule has 0 aromatic heterocycles. The van der Waals surface area contributed by atoms with E-state index in [0.29, 0.717) is 9.95 Å². The molecular formula is C11H14Cl3NO5S2. The van der Waals surface area contributed by atoms with Crippen molar-refractivity contribution in [3.63, 3.8) is 0 Å². The van der Waals surface area contributed by atoms with Gasteiger partial charge in [0.15, 0.2) is 3.79 Å². The van der Waals surface area contributed by atoms with Gasteiger partial charge >= 0.3 is 6.16 Å². The molecule has 0 bridgehead atoms. The number of β-lactam (4-membered cyclic amide) rings is 1. The second-order valence-electron chi connectivity index (χ2n) is 4.48. The summed E-state index contributed by atoms with van der Waals surface area (Å²) in [6.07, 6.45) is -2.37. The van der Waals surface area contributed by atoms with Gasteiger partial charge in [0.1, 0.15) is 12.0 Å². The fraction of sp³-hybridized carbons (Fsp3) is 0.727. The molecule has 1 aliphatic heterocycles. The van der Waals surface area contributed by atoms with Gasteiger partial charge in [-0.2, -0.15) is 0 Å². The summed E-state index contributed by atoms with van der Waals surface area (Å²) in [5.41, 5.74) is 0. The summed E-state index contributed by atoms with van der Waals surface area (Å²) in [5, 5.41) is 20.2. The normalized spacial score (nSPS) is 22.5. The summed E-state index contributed by atoms with van der Waals surface area (Å²) >= 11 is 23.3. The smallest absolute Gasteiger partial charge is 0.450 e. The number of amides is 1. The van der Waals surface area contributed by atoms with Crippen molar-refractivity contribution < 1.29 is 24.5 Å². The van der Waals surface area contributed by atoms with Crippen LogP contribution >= 0.6 is 58.8 Å². The zero-order chi connectivity index (χ0) is 16.9. The van der Waals surface area contributed by atoms with E-state index < -0.39 is 28.0 Å². The number of hydrogen-bond acceptors (Lipinski definition) is 6. The van der Waals surface area contributed by atoms with Gasteiger partial charge in [0.2, 0.25) is 5.91 Å². The highest BCUT2D eigenvalue weighted by Crippen LogP contribution is 2.35. The number of thioether (sulfide) groups is 1. The van der Waals surface area contributed by atoms with Crippen LogP contribution in [-0.2, 0) is 9.53 Å². The molecule has 1 rings (SSSR count). The highest BCUT2D eigenvalue weighted by Gasteiger charge is 2.48. The van der Waals surface area contributed by atoms with Crippen LogP contribution in [0.5, 0.6) is 0 Å². The van der Waals surface area contributed by atoms with Crippen molar-refractivity contribution in [1.29, 1.82) is 0 Å². The third kappa shape index (κ3) is 6.25. The predicted octanol–water partition coefficient (Wildman–Crippen LogP) is 2.37. The summed E-state index contributed by atoms with van der Waals surface area (Å²) < 4.78 is 3.65. The lowest BCUT2D eigenvalue weighted by atomic mass is 9.84. The highest BCUT2D eigenvalue weighted by molar-refractivity contribution is 8.23. The Bertz CT molecular complexity index is 446. The molecule has 22 heavy (non-hydrogen) atoms. The molecule has 0 aromatic carbocycles. The molecule has 126 valence electrons. The van der Waals surface area contributed by atoms with E-state index in [2.05, 4.69) is 5.32 Å². The number of rotatable bonds is 7. The van der Waals surface area contributed by atoms with Crippen molar-refractivity contribution >= 4 is 75.0 Å². The van der Waals surface area contributed by atoms with Crippen LogP contribution in [0, 0.1) is 5.92 Å². The Morgan fingerprint density at radius 1 is 1.50 bits per heavy atom. The van der Waals surface area contributed by atoms with E-state index in [9.17, 15) is 9.59 Å².